The molecule has 1 aromatic carbocycles. The molecule has 114 valence electrons. The molecule has 0 radical (unpaired) electrons. The predicted octanol–water partition coefficient (Wildman–Crippen LogP) is 1.42. The van der Waals surface area contributed by atoms with Crippen molar-refractivity contribution in [1.82, 2.24) is 10.6 Å². The van der Waals surface area contributed by atoms with E-state index >= 15 is 0 Å². The first-order valence-corrected chi connectivity index (χ1v) is 7.51. The van der Waals surface area contributed by atoms with Crippen LogP contribution in [0.5, 0.6) is 0 Å². The van der Waals surface area contributed by atoms with Crippen molar-refractivity contribution in [2.75, 3.05) is 31.7 Å². The summed E-state index contributed by atoms with van der Waals surface area (Å²) in [6.45, 7) is 2.80. The molecule has 0 unspecified atom stereocenters. The van der Waals surface area contributed by atoms with Gasteiger partial charge in [-0.05, 0) is 36.3 Å². The first-order valence-electron chi connectivity index (χ1n) is 7.10. The van der Waals surface area contributed by atoms with Gasteiger partial charge in [-0.25, -0.2) is 0 Å². The minimum absolute atomic E-state index is 0.212. The van der Waals surface area contributed by atoms with Crippen LogP contribution in [0.4, 0.5) is 5.69 Å². The van der Waals surface area contributed by atoms with Crippen molar-refractivity contribution in [3.8, 4) is 0 Å². The van der Waals surface area contributed by atoms with Gasteiger partial charge in [0.05, 0.1) is 6.61 Å². The largest absolute Gasteiger partial charge is 0.383 e. The number of anilines is 1. The van der Waals surface area contributed by atoms with Crippen LogP contribution in [0.15, 0.2) is 24.3 Å². The molecule has 0 spiro atoms. The van der Waals surface area contributed by atoms with Crippen LogP contribution >= 0.6 is 12.2 Å². The van der Waals surface area contributed by atoms with Crippen molar-refractivity contribution in [2.24, 2.45) is 0 Å². The molecule has 0 saturated carbocycles. The van der Waals surface area contributed by atoms with Crippen molar-refractivity contribution >= 4 is 28.9 Å². The molecule has 5 nitrogen and oxygen atoms in total. The van der Waals surface area contributed by atoms with E-state index in [4.69, 9.17) is 17.0 Å². The van der Waals surface area contributed by atoms with Gasteiger partial charge in [-0.15, -0.1) is 0 Å². The average molecular weight is 307 g/mol. The van der Waals surface area contributed by atoms with Crippen molar-refractivity contribution in [3.05, 3.63) is 29.8 Å². The van der Waals surface area contributed by atoms with Crippen LogP contribution in [-0.4, -0.2) is 37.8 Å². The van der Waals surface area contributed by atoms with E-state index in [1.807, 2.05) is 29.2 Å². The molecule has 21 heavy (non-hydrogen) atoms. The summed E-state index contributed by atoms with van der Waals surface area (Å²) >= 11 is 5.16. The van der Waals surface area contributed by atoms with Crippen molar-refractivity contribution in [1.29, 1.82) is 0 Å². The normalized spacial score (nSPS) is 14.3. The van der Waals surface area contributed by atoms with Gasteiger partial charge in [0, 0.05) is 38.9 Å². The standard InChI is InChI=1S/C15H21N3O2S/c1-20-10-8-16-15(21)17-11-12-4-6-13(7-5-12)18-9-2-3-14(18)19/h4-7H,2-3,8-11H2,1H3,(H2,16,17,21). The third-order valence-corrected chi connectivity index (χ3v) is 3.65. The van der Waals surface area contributed by atoms with Crippen molar-refractivity contribution in [3.63, 3.8) is 0 Å². The molecule has 1 aromatic rings. The molecule has 2 N–H and O–H groups in total. The highest BCUT2D eigenvalue weighted by Crippen LogP contribution is 2.21. The Labute approximate surface area is 130 Å². The SMILES string of the molecule is COCCNC(=S)NCc1ccc(N2CCCC2=O)cc1. The number of rotatable bonds is 6. The summed E-state index contributed by atoms with van der Waals surface area (Å²) in [6, 6.07) is 8.01. The Morgan fingerprint density at radius 1 is 1.33 bits per heavy atom. The lowest BCUT2D eigenvalue weighted by Crippen LogP contribution is -2.36. The second-order valence-electron chi connectivity index (χ2n) is 4.92. The molecule has 0 atom stereocenters. The third-order valence-electron chi connectivity index (χ3n) is 3.37. The Hall–Kier alpha value is -1.66. The lowest BCUT2D eigenvalue weighted by Gasteiger charge is -2.16. The zero-order valence-electron chi connectivity index (χ0n) is 12.2. The maximum absolute atomic E-state index is 11.7. The topological polar surface area (TPSA) is 53.6 Å². The van der Waals surface area contributed by atoms with Crippen LogP contribution < -0.4 is 15.5 Å². The highest BCUT2D eigenvalue weighted by atomic mass is 32.1. The van der Waals surface area contributed by atoms with E-state index in [9.17, 15) is 4.79 Å². The van der Waals surface area contributed by atoms with Gasteiger partial charge in [-0.2, -0.15) is 0 Å². The summed E-state index contributed by atoms with van der Waals surface area (Å²) in [5, 5.41) is 6.81. The zero-order chi connectivity index (χ0) is 15.1. The fourth-order valence-electron chi connectivity index (χ4n) is 2.23. The highest BCUT2D eigenvalue weighted by molar-refractivity contribution is 7.80. The Morgan fingerprint density at radius 2 is 2.10 bits per heavy atom. The number of thiocarbonyl (C=S) groups is 1. The summed E-state index contributed by atoms with van der Waals surface area (Å²) < 4.78 is 4.94. The summed E-state index contributed by atoms with van der Waals surface area (Å²) in [7, 11) is 1.66. The molecule has 1 heterocycles. The molecule has 2 rings (SSSR count). The molecule has 1 fully saturated rings. The number of nitrogens with one attached hydrogen (secondary N) is 2. The smallest absolute Gasteiger partial charge is 0.227 e. The van der Waals surface area contributed by atoms with Crippen LogP contribution in [0.2, 0.25) is 0 Å². The molecule has 1 aliphatic heterocycles. The van der Waals surface area contributed by atoms with E-state index in [-0.39, 0.29) is 5.91 Å². The molecule has 1 saturated heterocycles. The van der Waals surface area contributed by atoms with Gasteiger partial charge >= 0.3 is 0 Å². The lowest BCUT2D eigenvalue weighted by atomic mass is 10.2. The zero-order valence-corrected chi connectivity index (χ0v) is 13.0. The summed E-state index contributed by atoms with van der Waals surface area (Å²) in [6.07, 6.45) is 1.61. The Morgan fingerprint density at radius 3 is 2.71 bits per heavy atom. The molecule has 0 aromatic heterocycles. The molecular weight excluding hydrogens is 286 g/mol. The number of benzene rings is 1. The van der Waals surface area contributed by atoms with Gasteiger partial charge in [-0.1, -0.05) is 12.1 Å². The van der Waals surface area contributed by atoms with E-state index < -0.39 is 0 Å². The van der Waals surface area contributed by atoms with Crippen LogP contribution in [0.1, 0.15) is 18.4 Å². The van der Waals surface area contributed by atoms with Crippen molar-refractivity contribution < 1.29 is 9.53 Å². The third kappa shape index (κ3) is 4.68. The van der Waals surface area contributed by atoms with Crippen LogP contribution in [0, 0.1) is 0 Å². The number of ether oxygens (including phenoxy) is 1. The first kappa shape index (κ1) is 15.7. The van der Waals surface area contributed by atoms with E-state index in [1.165, 1.54) is 0 Å². The van der Waals surface area contributed by atoms with E-state index in [0.29, 0.717) is 31.2 Å². The minimum atomic E-state index is 0.212. The van der Waals surface area contributed by atoms with Crippen LogP contribution in [-0.2, 0) is 16.1 Å². The molecule has 6 heteroatoms. The molecule has 0 aliphatic carbocycles. The number of carbonyl (C=O) groups excluding carboxylic acids is 1. The van der Waals surface area contributed by atoms with Gasteiger partial charge in [0.2, 0.25) is 5.91 Å². The maximum atomic E-state index is 11.7. The second kappa shape index (κ2) is 7.95. The highest BCUT2D eigenvalue weighted by Gasteiger charge is 2.21. The lowest BCUT2D eigenvalue weighted by molar-refractivity contribution is -0.117. The van der Waals surface area contributed by atoms with Gasteiger partial charge in [0.25, 0.3) is 0 Å². The minimum Gasteiger partial charge on any atom is -0.383 e. The average Bonchev–Trinajstić information content (AvgIpc) is 2.92. The second-order valence-corrected chi connectivity index (χ2v) is 5.33. The van der Waals surface area contributed by atoms with Crippen LogP contribution in [0.3, 0.4) is 0 Å². The van der Waals surface area contributed by atoms with E-state index in [0.717, 1.165) is 24.2 Å². The number of hydrogen-bond acceptors (Lipinski definition) is 3. The van der Waals surface area contributed by atoms with E-state index in [2.05, 4.69) is 10.6 Å². The van der Waals surface area contributed by atoms with Gasteiger partial charge in [0.15, 0.2) is 5.11 Å². The summed E-state index contributed by atoms with van der Waals surface area (Å²) in [4.78, 5) is 13.5. The molecular formula is C15H21N3O2S. The van der Waals surface area contributed by atoms with Gasteiger partial charge in [0.1, 0.15) is 0 Å². The molecule has 1 amide bonds. The monoisotopic (exact) mass is 307 g/mol. The Bertz CT molecular complexity index is 490. The van der Waals surface area contributed by atoms with E-state index in [1.54, 1.807) is 7.11 Å². The predicted molar refractivity (Wildman–Crippen MR) is 87.3 cm³/mol. The number of methoxy groups -OCH3 is 1. The quantitative estimate of drug-likeness (QED) is 0.615. The van der Waals surface area contributed by atoms with Crippen molar-refractivity contribution in [2.45, 2.75) is 19.4 Å². The Kier molecular flexibility index (Phi) is 5.95. The van der Waals surface area contributed by atoms with Gasteiger partial charge in [-0.3, -0.25) is 4.79 Å². The first-order chi connectivity index (χ1) is 10.2. The van der Waals surface area contributed by atoms with Gasteiger partial charge < -0.3 is 20.3 Å². The molecule has 1 aliphatic rings. The maximum Gasteiger partial charge on any atom is 0.227 e. The summed E-state index contributed by atoms with van der Waals surface area (Å²) in [5.74, 6) is 0.212. The Balaban J connectivity index is 1.80. The summed E-state index contributed by atoms with van der Waals surface area (Å²) in [5.41, 5.74) is 2.10. The fourth-order valence-corrected chi connectivity index (χ4v) is 2.40. The fraction of sp³-hybridized carbons (Fsp3) is 0.467. The molecule has 0 bridgehead atoms. The number of carbonyl (C=O) groups is 1. The number of amides is 1. The number of hydrogen-bond donors (Lipinski definition) is 2. The van der Waals surface area contributed by atoms with Crippen LogP contribution in [0.25, 0.3) is 0 Å². The number of nitrogens with zero attached hydrogens (tertiary/aromatic N) is 1.